The first-order valence-electron chi connectivity index (χ1n) is 3.19. The summed E-state index contributed by atoms with van der Waals surface area (Å²) in [5.74, 6) is 0. The van der Waals surface area contributed by atoms with Crippen LogP contribution in [0.1, 0.15) is 10.4 Å². The minimum atomic E-state index is -1.04. The summed E-state index contributed by atoms with van der Waals surface area (Å²) in [6.07, 6.45) is 0. The van der Waals surface area contributed by atoms with Crippen molar-refractivity contribution in [3.8, 4) is 0 Å². The van der Waals surface area contributed by atoms with E-state index >= 15 is 0 Å². The van der Waals surface area contributed by atoms with Crippen molar-refractivity contribution in [2.45, 2.75) is 9.91 Å². The van der Waals surface area contributed by atoms with Gasteiger partial charge in [0.15, 0.2) is 5.08 Å². The summed E-state index contributed by atoms with van der Waals surface area (Å²) in [5, 5.41) is -1.04. The molecule has 0 aliphatic rings. The minimum Gasteiger partial charge on any atom is -0.233 e. The Balaban J connectivity index is 2.77. The van der Waals surface area contributed by atoms with Gasteiger partial charge < -0.3 is 0 Å². The van der Waals surface area contributed by atoms with Gasteiger partial charge in [-0.3, -0.25) is 0 Å². The van der Waals surface area contributed by atoms with Gasteiger partial charge in [0.05, 0.1) is 4.83 Å². The first kappa shape index (κ1) is 9.20. The minimum absolute atomic E-state index is 0.260. The van der Waals surface area contributed by atoms with Gasteiger partial charge >= 0.3 is 0 Å². The van der Waals surface area contributed by atoms with Crippen molar-refractivity contribution in [2.75, 3.05) is 0 Å². The third kappa shape index (κ3) is 2.56. The van der Waals surface area contributed by atoms with E-state index in [1.54, 1.807) is 0 Å². The molecule has 0 nitrogen and oxygen atoms in total. The molecule has 2 atom stereocenters. The fraction of sp³-hybridized carbons (Fsp3) is 0.250. The zero-order chi connectivity index (χ0) is 8.27. The zero-order valence-corrected chi connectivity index (χ0v) is 8.85. The van der Waals surface area contributed by atoms with Crippen molar-refractivity contribution in [3.05, 3.63) is 35.9 Å². The Labute approximate surface area is 82.1 Å². The number of hydrogen-bond donors (Lipinski definition) is 0. The molecule has 0 fully saturated rings. The van der Waals surface area contributed by atoms with E-state index in [4.69, 9.17) is 0 Å². The summed E-state index contributed by atoms with van der Waals surface area (Å²) >= 11 is 6.09. The highest BCUT2D eigenvalue weighted by molar-refractivity contribution is 9.12. The summed E-state index contributed by atoms with van der Waals surface area (Å²) in [7, 11) is 0. The van der Waals surface area contributed by atoms with Gasteiger partial charge in [0.1, 0.15) is 0 Å². The summed E-state index contributed by atoms with van der Waals surface area (Å²) in [6.45, 7) is 0. The summed E-state index contributed by atoms with van der Waals surface area (Å²) < 4.78 is 12.7. The lowest BCUT2D eigenvalue weighted by Crippen LogP contribution is -1.98. The van der Waals surface area contributed by atoms with E-state index in [1.165, 1.54) is 0 Å². The first-order chi connectivity index (χ1) is 5.22. The molecule has 0 saturated heterocycles. The molecule has 0 radical (unpaired) electrons. The Bertz CT molecular complexity index is 211. The second-order valence-corrected chi connectivity index (χ2v) is 4.01. The number of halogens is 3. The van der Waals surface area contributed by atoms with Crippen LogP contribution < -0.4 is 0 Å². The van der Waals surface area contributed by atoms with Crippen molar-refractivity contribution >= 4 is 31.9 Å². The molecule has 1 aromatic rings. The number of benzene rings is 1. The van der Waals surface area contributed by atoms with E-state index in [2.05, 4.69) is 31.9 Å². The zero-order valence-electron chi connectivity index (χ0n) is 5.68. The van der Waals surface area contributed by atoms with Crippen molar-refractivity contribution in [3.63, 3.8) is 0 Å². The average Bonchev–Trinajstić information content (AvgIpc) is 2.05. The van der Waals surface area contributed by atoms with Crippen LogP contribution in [0.15, 0.2) is 30.3 Å². The summed E-state index contributed by atoms with van der Waals surface area (Å²) in [6, 6.07) is 9.45. The van der Waals surface area contributed by atoms with E-state index in [0.717, 1.165) is 5.56 Å². The van der Waals surface area contributed by atoms with Gasteiger partial charge in [0.25, 0.3) is 0 Å². The molecule has 0 aliphatic heterocycles. The van der Waals surface area contributed by atoms with Gasteiger partial charge in [-0.05, 0) is 5.56 Å². The molecule has 0 spiro atoms. The van der Waals surface area contributed by atoms with Crippen LogP contribution in [0, 0.1) is 0 Å². The molecule has 0 aromatic heterocycles. The van der Waals surface area contributed by atoms with Crippen molar-refractivity contribution in [1.29, 1.82) is 0 Å². The normalized spacial score (nSPS) is 15.9. The predicted molar refractivity (Wildman–Crippen MR) is 51.9 cm³/mol. The molecule has 0 bridgehead atoms. The number of hydrogen-bond acceptors (Lipinski definition) is 0. The molecule has 2 unspecified atom stereocenters. The van der Waals surface area contributed by atoms with E-state index in [-0.39, 0.29) is 4.83 Å². The van der Waals surface area contributed by atoms with Crippen molar-refractivity contribution in [2.24, 2.45) is 0 Å². The molecule has 3 heteroatoms. The molecule has 11 heavy (non-hydrogen) atoms. The van der Waals surface area contributed by atoms with E-state index in [1.807, 2.05) is 30.3 Å². The SMILES string of the molecule is FC(Br)C(Br)c1ccccc1. The Kier molecular flexibility index (Phi) is 3.52. The topological polar surface area (TPSA) is 0 Å². The predicted octanol–water partition coefficient (Wildman–Crippen LogP) is 3.81. The first-order valence-corrected chi connectivity index (χ1v) is 5.02. The van der Waals surface area contributed by atoms with Crippen LogP contribution in [0.2, 0.25) is 0 Å². The van der Waals surface area contributed by atoms with Gasteiger partial charge in [0, 0.05) is 0 Å². The van der Waals surface area contributed by atoms with Crippen molar-refractivity contribution < 1.29 is 4.39 Å². The van der Waals surface area contributed by atoms with Crippen LogP contribution in [0.25, 0.3) is 0 Å². The maximum atomic E-state index is 12.7. The molecule has 0 N–H and O–H groups in total. The lowest BCUT2D eigenvalue weighted by Gasteiger charge is -2.08. The Morgan fingerprint density at radius 1 is 1.09 bits per heavy atom. The quantitative estimate of drug-likeness (QED) is 0.723. The van der Waals surface area contributed by atoms with Crippen LogP contribution in [0.5, 0.6) is 0 Å². The highest BCUT2D eigenvalue weighted by Crippen LogP contribution is 2.31. The summed E-state index contributed by atoms with van der Waals surface area (Å²) in [4.78, 5) is -0.260. The maximum Gasteiger partial charge on any atom is 0.171 e. The van der Waals surface area contributed by atoms with Crippen molar-refractivity contribution in [1.82, 2.24) is 0 Å². The molecule has 0 heterocycles. The summed E-state index contributed by atoms with van der Waals surface area (Å²) in [5.41, 5.74) is 0.942. The molecule has 1 rings (SSSR count). The highest BCUT2D eigenvalue weighted by atomic mass is 79.9. The molecular formula is C8H7Br2F. The number of alkyl halides is 3. The fourth-order valence-corrected chi connectivity index (χ4v) is 1.39. The van der Waals surface area contributed by atoms with Gasteiger partial charge in [0.2, 0.25) is 0 Å². The van der Waals surface area contributed by atoms with Gasteiger partial charge in [-0.15, -0.1) is 0 Å². The highest BCUT2D eigenvalue weighted by Gasteiger charge is 2.15. The monoisotopic (exact) mass is 280 g/mol. The molecule has 1 aromatic carbocycles. The number of rotatable bonds is 2. The van der Waals surface area contributed by atoms with E-state index in [9.17, 15) is 4.39 Å². The molecule has 0 amide bonds. The molecular weight excluding hydrogens is 275 g/mol. The largest absolute Gasteiger partial charge is 0.233 e. The van der Waals surface area contributed by atoms with E-state index in [0.29, 0.717) is 0 Å². The maximum absolute atomic E-state index is 12.7. The van der Waals surface area contributed by atoms with Crippen LogP contribution >= 0.6 is 31.9 Å². The lowest BCUT2D eigenvalue weighted by molar-refractivity contribution is 0.458. The molecule has 0 saturated carbocycles. The van der Waals surface area contributed by atoms with E-state index < -0.39 is 5.08 Å². The Hall–Kier alpha value is 0.110. The van der Waals surface area contributed by atoms with Crippen LogP contribution in [-0.4, -0.2) is 5.08 Å². The Morgan fingerprint density at radius 3 is 2.09 bits per heavy atom. The van der Waals surface area contributed by atoms with Gasteiger partial charge in [-0.25, -0.2) is 4.39 Å². The van der Waals surface area contributed by atoms with Crippen LogP contribution in [0.3, 0.4) is 0 Å². The Morgan fingerprint density at radius 2 is 1.64 bits per heavy atom. The standard InChI is InChI=1S/C8H7Br2F/c9-7(8(10)11)6-4-2-1-3-5-6/h1-5,7-8H. The van der Waals surface area contributed by atoms with Crippen LogP contribution in [0.4, 0.5) is 4.39 Å². The third-order valence-electron chi connectivity index (χ3n) is 1.34. The average molecular weight is 282 g/mol. The van der Waals surface area contributed by atoms with Gasteiger partial charge in [-0.2, -0.15) is 0 Å². The van der Waals surface area contributed by atoms with Gasteiger partial charge in [-0.1, -0.05) is 62.2 Å². The second-order valence-electron chi connectivity index (χ2n) is 2.15. The smallest absolute Gasteiger partial charge is 0.171 e. The third-order valence-corrected chi connectivity index (χ3v) is 3.57. The molecule has 0 aliphatic carbocycles. The lowest BCUT2D eigenvalue weighted by atomic mass is 10.2. The van der Waals surface area contributed by atoms with Crippen LogP contribution in [-0.2, 0) is 0 Å². The molecule has 60 valence electrons. The fourth-order valence-electron chi connectivity index (χ4n) is 0.782. The second kappa shape index (κ2) is 4.21.